The van der Waals surface area contributed by atoms with Gasteiger partial charge in [-0.25, -0.2) is 9.37 Å². The quantitative estimate of drug-likeness (QED) is 0.278. The molecule has 0 spiro atoms. The fourth-order valence-corrected chi connectivity index (χ4v) is 4.61. The highest BCUT2D eigenvalue weighted by Gasteiger charge is 2.13. The monoisotopic (exact) mass is 525 g/mol. The lowest BCUT2D eigenvalue weighted by Crippen LogP contribution is -2.42. The second kappa shape index (κ2) is 12.1. The largest absolute Gasteiger partial charge is 0.494 e. The summed E-state index contributed by atoms with van der Waals surface area (Å²) in [5, 5.41) is 9.71. The summed E-state index contributed by atoms with van der Waals surface area (Å²) in [4.78, 5) is 19.9. The lowest BCUT2D eigenvalue weighted by molar-refractivity contribution is 0.102. The van der Waals surface area contributed by atoms with Crippen molar-refractivity contribution in [3.8, 4) is 16.9 Å². The summed E-state index contributed by atoms with van der Waals surface area (Å²) >= 11 is 0. The van der Waals surface area contributed by atoms with Crippen LogP contribution in [0.25, 0.3) is 11.1 Å². The third-order valence-electron chi connectivity index (χ3n) is 6.83. The topological polar surface area (TPSA) is 78.5 Å². The van der Waals surface area contributed by atoms with Gasteiger partial charge in [0.15, 0.2) is 0 Å². The Kier molecular flexibility index (Phi) is 8.15. The number of anilines is 3. The van der Waals surface area contributed by atoms with E-state index in [4.69, 9.17) is 4.74 Å². The molecule has 39 heavy (non-hydrogen) atoms. The molecule has 0 radical (unpaired) electrons. The van der Waals surface area contributed by atoms with E-state index in [0.29, 0.717) is 17.1 Å². The van der Waals surface area contributed by atoms with Crippen molar-refractivity contribution in [3.05, 3.63) is 102 Å². The fraction of sp³-hybridized carbons (Fsp3) is 0.226. The highest BCUT2D eigenvalue weighted by atomic mass is 19.1. The van der Waals surface area contributed by atoms with Crippen LogP contribution in [0.3, 0.4) is 0 Å². The Morgan fingerprint density at radius 3 is 2.49 bits per heavy atom. The van der Waals surface area contributed by atoms with Gasteiger partial charge in [-0.3, -0.25) is 9.69 Å². The molecule has 1 aromatic heterocycles. The van der Waals surface area contributed by atoms with Crippen LogP contribution in [-0.4, -0.2) is 49.1 Å². The number of piperazine rings is 1. The number of carbonyl (C=O) groups is 1. The Bertz CT molecular complexity index is 1430. The molecule has 0 bridgehead atoms. The van der Waals surface area contributed by atoms with Gasteiger partial charge in [-0.1, -0.05) is 24.3 Å². The van der Waals surface area contributed by atoms with Crippen LogP contribution in [0.15, 0.2) is 79.0 Å². The van der Waals surface area contributed by atoms with Crippen molar-refractivity contribution in [3.63, 3.8) is 0 Å². The van der Waals surface area contributed by atoms with Crippen LogP contribution in [0.1, 0.15) is 21.5 Å². The second-order valence-electron chi connectivity index (χ2n) is 9.61. The van der Waals surface area contributed by atoms with E-state index in [1.54, 1.807) is 37.6 Å². The van der Waals surface area contributed by atoms with Crippen LogP contribution in [0, 0.1) is 12.7 Å². The van der Waals surface area contributed by atoms with Gasteiger partial charge >= 0.3 is 0 Å². The van der Waals surface area contributed by atoms with Crippen LogP contribution in [0.4, 0.5) is 21.6 Å². The van der Waals surface area contributed by atoms with E-state index in [9.17, 15) is 9.18 Å². The number of ether oxygens (including phenoxy) is 1. The van der Waals surface area contributed by atoms with Crippen molar-refractivity contribution in [2.75, 3.05) is 43.9 Å². The van der Waals surface area contributed by atoms with Gasteiger partial charge in [0.25, 0.3) is 5.91 Å². The van der Waals surface area contributed by atoms with Crippen molar-refractivity contribution in [1.29, 1.82) is 0 Å². The predicted octanol–water partition coefficient (Wildman–Crippen LogP) is 5.61. The Hall–Kier alpha value is -4.27. The minimum atomic E-state index is -0.299. The lowest BCUT2D eigenvalue weighted by atomic mass is 10.1. The number of nitrogens with zero attached hydrogens (tertiary/aromatic N) is 2. The van der Waals surface area contributed by atoms with Gasteiger partial charge in [0, 0.05) is 55.2 Å². The Morgan fingerprint density at radius 1 is 1.03 bits per heavy atom. The molecule has 1 aliphatic heterocycles. The molecule has 1 saturated heterocycles. The van der Waals surface area contributed by atoms with Gasteiger partial charge in [0.2, 0.25) is 0 Å². The summed E-state index contributed by atoms with van der Waals surface area (Å²) in [5.74, 6) is 0.730. The first-order chi connectivity index (χ1) is 19.0. The Labute approximate surface area is 228 Å². The highest BCUT2D eigenvalue weighted by Crippen LogP contribution is 2.32. The van der Waals surface area contributed by atoms with Crippen molar-refractivity contribution in [2.45, 2.75) is 13.5 Å². The summed E-state index contributed by atoms with van der Waals surface area (Å²) in [6.45, 7) is 6.92. The molecule has 1 amide bonds. The van der Waals surface area contributed by atoms with Crippen LogP contribution < -0.4 is 20.7 Å². The molecule has 1 fully saturated rings. The molecular formula is C31H32FN5O2. The molecule has 0 aliphatic carbocycles. The molecule has 2 heterocycles. The number of rotatable bonds is 8. The number of aryl methyl sites for hydroxylation is 1. The van der Waals surface area contributed by atoms with E-state index < -0.39 is 0 Å². The first kappa shape index (κ1) is 26.3. The lowest BCUT2D eigenvalue weighted by Gasteiger charge is -2.27. The molecule has 4 aromatic rings. The molecule has 0 atom stereocenters. The van der Waals surface area contributed by atoms with Gasteiger partial charge in [-0.15, -0.1) is 0 Å². The average molecular weight is 526 g/mol. The zero-order valence-corrected chi connectivity index (χ0v) is 22.1. The number of halogens is 1. The predicted molar refractivity (Wildman–Crippen MR) is 153 cm³/mol. The maximum absolute atomic E-state index is 13.4. The Morgan fingerprint density at radius 2 is 1.77 bits per heavy atom. The van der Waals surface area contributed by atoms with E-state index in [-0.39, 0.29) is 11.7 Å². The molecule has 200 valence electrons. The average Bonchev–Trinajstić information content (AvgIpc) is 2.96. The molecule has 8 heteroatoms. The third-order valence-corrected chi connectivity index (χ3v) is 6.83. The van der Waals surface area contributed by atoms with Crippen molar-refractivity contribution < 1.29 is 13.9 Å². The molecule has 0 saturated carbocycles. The SMILES string of the molecule is COc1cnc(Nc2ccc(C(=O)Nc3cc(CN4CCNCC4)ccc3C)cc2)cc1-c1ccc(F)cc1. The number of hydrogen-bond donors (Lipinski definition) is 3. The van der Waals surface area contributed by atoms with Crippen molar-refractivity contribution in [2.24, 2.45) is 0 Å². The number of aromatic nitrogens is 1. The number of benzene rings is 3. The molecule has 5 rings (SSSR count). The van der Waals surface area contributed by atoms with Gasteiger partial charge in [-0.2, -0.15) is 0 Å². The number of hydrogen-bond acceptors (Lipinski definition) is 6. The summed E-state index contributed by atoms with van der Waals surface area (Å²) in [6, 6.07) is 21.6. The van der Waals surface area contributed by atoms with Crippen LogP contribution in [0.2, 0.25) is 0 Å². The van der Waals surface area contributed by atoms with E-state index >= 15 is 0 Å². The van der Waals surface area contributed by atoms with Crippen LogP contribution in [-0.2, 0) is 6.54 Å². The number of methoxy groups -OCH3 is 1. The fourth-order valence-electron chi connectivity index (χ4n) is 4.61. The smallest absolute Gasteiger partial charge is 0.255 e. The normalized spacial score (nSPS) is 13.6. The molecular weight excluding hydrogens is 493 g/mol. The van der Waals surface area contributed by atoms with Gasteiger partial charge < -0.3 is 20.7 Å². The standard InChI is InChI=1S/C31H32FN5O2/c1-21-3-4-22(20-37-15-13-33-14-16-37)17-28(21)36-31(38)24-7-11-26(12-8-24)35-30-18-27(29(39-2)19-34-30)23-5-9-25(32)10-6-23/h3-12,17-19,33H,13-16,20H2,1-2H3,(H,34,35)(H,36,38). The van der Waals surface area contributed by atoms with E-state index in [2.05, 4.69) is 44.0 Å². The molecule has 3 aromatic carbocycles. The molecule has 1 aliphatic rings. The molecule has 3 N–H and O–H groups in total. The van der Waals surface area contributed by atoms with Crippen molar-refractivity contribution in [1.82, 2.24) is 15.2 Å². The first-order valence-corrected chi connectivity index (χ1v) is 13.0. The molecule has 7 nitrogen and oxygen atoms in total. The number of amides is 1. The minimum Gasteiger partial charge on any atom is -0.494 e. The zero-order chi connectivity index (χ0) is 27.2. The zero-order valence-electron chi connectivity index (χ0n) is 22.1. The van der Waals surface area contributed by atoms with Gasteiger partial charge in [-0.05, 0) is 72.1 Å². The molecule has 0 unspecified atom stereocenters. The summed E-state index contributed by atoms with van der Waals surface area (Å²) in [7, 11) is 1.57. The van der Waals surface area contributed by atoms with E-state index in [1.165, 1.54) is 17.7 Å². The highest BCUT2D eigenvalue weighted by molar-refractivity contribution is 6.04. The van der Waals surface area contributed by atoms with Crippen LogP contribution in [0.5, 0.6) is 5.75 Å². The summed E-state index contributed by atoms with van der Waals surface area (Å²) in [5.41, 5.74) is 5.98. The minimum absolute atomic E-state index is 0.162. The second-order valence-corrected chi connectivity index (χ2v) is 9.61. The maximum Gasteiger partial charge on any atom is 0.255 e. The number of pyridine rings is 1. The van der Waals surface area contributed by atoms with Crippen LogP contribution >= 0.6 is 0 Å². The summed E-state index contributed by atoms with van der Waals surface area (Å²) in [6.07, 6.45) is 1.63. The van der Waals surface area contributed by atoms with E-state index in [1.807, 2.05) is 25.1 Å². The maximum atomic E-state index is 13.4. The Balaban J connectivity index is 1.26. The third kappa shape index (κ3) is 6.60. The number of carbonyl (C=O) groups excluding carboxylic acids is 1. The summed E-state index contributed by atoms with van der Waals surface area (Å²) < 4.78 is 18.8. The van der Waals surface area contributed by atoms with Gasteiger partial charge in [0.1, 0.15) is 17.4 Å². The van der Waals surface area contributed by atoms with E-state index in [0.717, 1.165) is 60.8 Å². The first-order valence-electron chi connectivity index (χ1n) is 13.0. The van der Waals surface area contributed by atoms with Crippen molar-refractivity contribution >= 4 is 23.1 Å². The number of nitrogens with one attached hydrogen (secondary N) is 3. The van der Waals surface area contributed by atoms with Gasteiger partial charge in [0.05, 0.1) is 13.3 Å².